The first-order valence-electron chi connectivity index (χ1n) is 27.7. The van der Waals surface area contributed by atoms with Gasteiger partial charge in [-0.2, -0.15) is 0 Å². The summed E-state index contributed by atoms with van der Waals surface area (Å²) < 4.78 is 6.10. The summed E-state index contributed by atoms with van der Waals surface area (Å²) in [4.78, 5) is 140. The van der Waals surface area contributed by atoms with Crippen LogP contribution in [0.5, 0.6) is 0 Å². The Labute approximate surface area is 458 Å². The largest absolute Gasteiger partial charge is 0.450 e. The Morgan fingerprint density at radius 3 is 1.47 bits per heavy atom. The van der Waals surface area contributed by atoms with Gasteiger partial charge in [0.15, 0.2) is 6.10 Å². The predicted octanol–water partition coefficient (Wildman–Crippen LogP) is 4.87. The number of amides is 8. The molecule has 0 radical (unpaired) electrons. The maximum atomic E-state index is 15.3. The molecule has 0 aliphatic carbocycles. The van der Waals surface area contributed by atoms with Gasteiger partial charge in [-0.05, 0) is 65.9 Å². The van der Waals surface area contributed by atoms with E-state index in [1.165, 1.54) is 52.7 Å². The number of rotatable bonds is 12. The summed E-state index contributed by atoms with van der Waals surface area (Å²) >= 11 is 0. The average Bonchev–Trinajstić information content (AvgIpc) is 3.87. The topological polar surface area (TPSA) is 215 Å². The number of likely N-dealkylation sites (N-methyl/N-ethyl adjacent to an activating group) is 4. The number of hydrogen-bond donors (Lipinski definition) is 3. The van der Waals surface area contributed by atoms with Crippen LogP contribution in [0, 0.1) is 35.5 Å². The number of fused-ring (bicyclic) bond motifs is 1. The van der Waals surface area contributed by atoms with Crippen molar-refractivity contribution in [3.63, 3.8) is 0 Å². The Bertz CT molecular complexity index is 2360. The standard InChI is InChI=1S/C59H90N8O10/c1-17-39(12)46-57(74)64(14)47(35(4)5)52(69)60-42(31-34(2)3)55(72)66(16)49(37(8)9)59(76)77-50(38(10)11)58(75)65(15)48(36(6)7)53(70)61-43(32-40-25-20-18-21-26-40)54(71)63(13)45(33-41-27-22-19-23-28-41)56(73)67-30-24-29-44(67)51(68)62-46/h18-23,25-28,34-39,42-50H,17,24,29-33H2,1-16H3,(H,60,69)(H,61,70)(H,62,68). The summed E-state index contributed by atoms with van der Waals surface area (Å²) in [5, 5.41) is 8.87. The van der Waals surface area contributed by atoms with Gasteiger partial charge in [-0.1, -0.05) is 150 Å². The zero-order valence-corrected chi connectivity index (χ0v) is 48.7. The van der Waals surface area contributed by atoms with Crippen molar-refractivity contribution < 1.29 is 47.9 Å². The third kappa shape index (κ3) is 15.9. The van der Waals surface area contributed by atoms with E-state index < -0.39 is 137 Å². The first kappa shape index (κ1) is 63.2. The predicted molar refractivity (Wildman–Crippen MR) is 295 cm³/mol. The second-order valence-corrected chi connectivity index (χ2v) is 23.2. The zero-order chi connectivity index (χ0) is 57.7. The molecule has 0 saturated carbocycles. The Hall–Kier alpha value is -6.33. The van der Waals surface area contributed by atoms with Crippen LogP contribution in [0.15, 0.2) is 60.7 Å². The summed E-state index contributed by atoms with van der Waals surface area (Å²) in [5.74, 6) is -8.27. The first-order chi connectivity index (χ1) is 36.1. The fourth-order valence-electron chi connectivity index (χ4n) is 10.8. The third-order valence-corrected chi connectivity index (χ3v) is 15.3. The molecule has 2 saturated heterocycles. The van der Waals surface area contributed by atoms with Crippen molar-refractivity contribution >= 4 is 53.2 Å². The molecule has 0 aromatic heterocycles. The minimum absolute atomic E-state index is 0.0184. The second-order valence-electron chi connectivity index (χ2n) is 23.2. The molecule has 2 aliphatic rings. The van der Waals surface area contributed by atoms with E-state index in [0.717, 1.165) is 5.56 Å². The molecule has 18 heteroatoms. The van der Waals surface area contributed by atoms with Gasteiger partial charge in [0.25, 0.3) is 5.91 Å². The van der Waals surface area contributed by atoms with Gasteiger partial charge < -0.3 is 45.2 Å². The molecule has 2 fully saturated rings. The van der Waals surface area contributed by atoms with Crippen LogP contribution in [0.4, 0.5) is 0 Å². The van der Waals surface area contributed by atoms with Crippen molar-refractivity contribution in [2.75, 3.05) is 34.7 Å². The summed E-state index contributed by atoms with van der Waals surface area (Å²) in [6.45, 7) is 21.6. The highest BCUT2D eigenvalue weighted by molar-refractivity contribution is 5.99. The van der Waals surface area contributed by atoms with Gasteiger partial charge in [0.1, 0.15) is 48.3 Å². The molecule has 2 aromatic carbocycles. The maximum Gasteiger partial charge on any atom is 0.329 e. The Morgan fingerprint density at radius 2 is 0.987 bits per heavy atom. The molecule has 0 spiro atoms. The molecule has 0 bridgehead atoms. The van der Waals surface area contributed by atoms with Gasteiger partial charge in [-0.3, -0.25) is 38.4 Å². The highest BCUT2D eigenvalue weighted by Crippen LogP contribution is 2.26. The van der Waals surface area contributed by atoms with Crippen LogP contribution in [-0.4, -0.2) is 167 Å². The van der Waals surface area contributed by atoms with Crippen LogP contribution in [0.3, 0.4) is 0 Å². The van der Waals surface area contributed by atoms with E-state index in [1.807, 2.05) is 88.4 Å². The van der Waals surface area contributed by atoms with Crippen LogP contribution in [0.1, 0.15) is 120 Å². The number of nitrogens with one attached hydrogen (secondary N) is 3. The number of carbonyl (C=O) groups excluding carboxylic acids is 9. The van der Waals surface area contributed by atoms with Crippen molar-refractivity contribution in [2.45, 2.75) is 176 Å². The minimum atomic E-state index is -1.41. The van der Waals surface area contributed by atoms with Crippen LogP contribution in [0.25, 0.3) is 0 Å². The van der Waals surface area contributed by atoms with Gasteiger partial charge in [0.05, 0.1) is 0 Å². The summed E-state index contributed by atoms with van der Waals surface area (Å²) in [7, 11) is 5.89. The number of carbonyl (C=O) groups is 9. The lowest BCUT2D eigenvalue weighted by Gasteiger charge is -2.38. The molecule has 77 heavy (non-hydrogen) atoms. The second kappa shape index (κ2) is 28.3. The molecule has 4 rings (SSSR count). The fraction of sp³-hybridized carbons (Fsp3) is 0.644. The van der Waals surface area contributed by atoms with Crippen LogP contribution >= 0.6 is 0 Å². The average molecular weight is 1070 g/mol. The van der Waals surface area contributed by atoms with Crippen molar-refractivity contribution in [3.05, 3.63) is 71.8 Å². The van der Waals surface area contributed by atoms with Crippen molar-refractivity contribution in [2.24, 2.45) is 35.5 Å². The lowest BCUT2D eigenvalue weighted by atomic mass is 9.94. The van der Waals surface area contributed by atoms with E-state index in [0.29, 0.717) is 18.4 Å². The number of nitrogens with zero attached hydrogens (tertiary/aromatic N) is 5. The van der Waals surface area contributed by atoms with Crippen molar-refractivity contribution in [1.29, 1.82) is 0 Å². The first-order valence-corrected chi connectivity index (χ1v) is 27.7. The number of ether oxygens (including phenoxy) is 1. The zero-order valence-electron chi connectivity index (χ0n) is 48.7. The Kier molecular flexibility index (Phi) is 23.3. The van der Waals surface area contributed by atoms with E-state index in [1.54, 1.807) is 55.4 Å². The smallest absolute Gasteiger partial charge is 0.329 e. The normalized spacial score (nSPS) is 26.4. The van der Waals surface area contributed by atoms with E-state index in [9.17, 15) is 33.6 Å². The lowest BCUT2D eigenvalue weighted by molar-refractivity contribution is -0.171. The lowest BCUT2D eigenvalue weighted by Crippen LogP contribution is -2.62. The molecule has 3 N–H and O–H groups in total. The number of cyclic esters (lactones) is 1. The van der Waals surface area contributed by atoms with Crippen LogP contribution in [0.2, 0.25) is 0 Å². The monoisotopic (exact) mass is 1070 g/mol. The molecule has 2 aliphatic heterocycles. The summed E-state index contributed by atoms with van der Waals surface area (Å²) in [5.41, 5.74) is 1.45. The van der Waals surface area contributed by atoms with Gasteiger partial charge in [-0.15, -0.1) is 0 Å². The third-order valence-electron chi connectivity index (χ3n) is 15.3. The molecule has 426 valence electrons. The van der Waals surface area contributed by atoms with E-state index in [4.69, 9.17) is 4.74 Å². The van der Waals surface area contributed by atoms with Crippen LogP contribution in [-0.2, 0) is 60.7 Å². The van der Waals surface area contributed by atoms with E-state index in [-0.39, 0.29) is 38.1 Å². The van der Waals surface area contributed by atoms with Crippen molar-refractivity contribution in [1.82, 2.24) is 40.4 Å². The molecule has 10 atom stereocenters. The molecule has 8 amide bonds. The summed E-state index contributed by atoms with van der Waals surface area (Å²) in [6, 6.07) is 9.06. The maximum absolute atomic E-state index is 15.3. The number of benzene rings is 2. The Morgan fingerprint density at radius 1 is 0.519 bits per heavy atom. The van der Waals surface area contributed by atoms with Gasteiger partial charge >= 0.3 is 5.97 Å². The van der Waals surface area contributed by atoms with Crippen LogP contribution < -0.4 is 16.0 Å². The SMILES string of the molecule is CCC(C)C1NC(=O)C2CCCN2C(=O)C(Cc2ccccc2)N(C)C(=O)C(Cc2ccccc2)NC(=O)C(C(C)C)N(C)C(=O)C(C(C)C)OC(=O)C(C(C)C)N(C)C(=O)C(CC(C)C)NC(=O)C(C(C)C)N(C)C1=O. The highest BCUT2D eigenvalue weighted by Gasteiger charge is 2.46. The van der Waals surface area contributed by atoms with Crippen molar-refractivity contribution in [3.8, 4) is 0 Å². The molecule has 2 heterocycles. The fourth-order valence-corrected chi connectivity index (χ4v) is 10.8. The molecular formula is C59H90N8O10. The minimum Gasteiger partial charge on any atom is -0.450 e. The molecule has 10 unspecified atom stereocenters. The number of hydrogen-bond acceptors (Lipinski definition) is 10. The van der Waals surface area contributed by atoms with E-state index in [2.05, 4.69) is 16.0 Å². The van der Waals surface area contributed by atoms with Gasteiger partial charge in [-0.25, -0.2) is 4.79 Å². The molecule has 18 nitrogen and oxygen atoms in total. The molecular weight excluding hydrogens is 981 g/mol. The van der Waals surface area contributed by atoms with Gasteiger partial charge in [0, 0.05) is 47.6 Å². The van der Waals surface area contributed by atoms with Gasteiger partial charge in [0.2, 0.25) is 41.4 Å². The number of esters is 1. The Balaban J connectivity index is 1.95. The quantitative estimate of drug-likeness (QED) is 0.246. The molecule has 2 aromatic rings. The van der Waals surface area contributed by atoms with E-state index >= 15 is 9.59 Å². The summed E-state index contributed by atoms with van der Waals surface area (Å²) in [6.07, 6.45) is 0.0670. The highest BCUT2D eigenvalue weighted by atomic mass is 16.6.